The molecule has 2 aromatic rings. The predicted molar refractivity (Wildman–Crippen MR) is 78.8 cm³/mol. The maximum atomic E-state index is 11.4. The van der Waals surface area contributed by atoms with Gasteiger partial charge in [-0.25, -0.2) is 0 Å². The van der Waals surface area contributed by atoms with Crippen LogP contribution in [-0.2, 0) is 0 Å². The fraction of sp³-hybridized carbons (Fsp3) is 0. The highest BCUT2D eigenvalue weighted by Gasteiger charge is 2.10. The summed E-state index contributed by atoms with van der Waals surface area (Å²) in [4.78, 5) is 11.4. The first-order chi connectivity index (χ1) is 9.51. The van der Waals surface area contributed by atoms with Crippen molar-refractivity contribution in [3.8, 4) is 6.07 Å². The Morgan fingerprint density at radius 3 is 2.60 bits per heavy atom. The van der Waals surface area contributed by atoms with E-state index in [1.807, 2.05) is 6.07 Å². The summed E-state index contributed by atoms with van der Waals surface area (Å²) in [6.07, 6.45) is 0. The van der Waals surface area contributed by atoms with Crippen molar-refractivity contribution in [1.82, 2.24) is 0 Å². The lowest BCUT2D eigenvalue weighted by atomic mass is 10.1. The molecule has 0 spiro atoms. The van der Waals surface area contributed by atoms with Crippen molar-refractivity contribution in [2.75, 3.05) is 11.1 Å². The molecule has 100 valence electrons. The minimum Gasteiger partial charge on any atom is -0.399 e. The molecule has 1 amide bonds. The van der Waals surface area contributed by atoms with Gasteiger partial charge in [0.1, 0.15) is 0 Å². The molecule has 0 unspecified atom stereocenters. The summed E-state index contributed by atoms with van der Waals surface area (Å²) in [5.74, 6) is -0.583. The standard InChI is InChI=1S/C14H11ClN4O/c15-11-4-1-8(7-16)5-13(11)19-12-6-9(17)2-3-10(12)14(18)20/h1-6,19H,17H2,(H2,18,20). The summed E-state index contributed by atoms with van der Waals surface area (Å²) in [6.45, 7) is 0. The number of nitrogen functional groups attached to an aromatic ring is 1. The normalized spacial score (nSPS) is 9.80. The van der Waals surface area contributed by atoms with E-state index in [1.165, 1.54) is 6.07 Å². The molecule has 2 rings (SSSR count). The fourth-order valence-electron chi connectivity index (χ4n) is 1.72. The topological polar surface area (TPSA) is 105 Å². The summed E-state index contributed by atoms with van der Waals surface area (Å²) >= 11 is 6.06. The van der Waals surface area contributed by atoms with E-state index in [-0.39, 0.29) is 5.56 Å². The Morgan fingerprint density at radius 2 is 1.95 bits per heavy atom. The lowest BCUT2D eigenvalue weighted by Gasteiger charge is -2.12. The molecule has 0 saturated heterocycles. The van der Waals surface area contributed by atoms with Crippen LogP contribution in [0.4, 0.5) is 17.1 Å². The molecule has 0 heterocycles. The highest BCUT2D eigenvalue weighted by atomic mass is 35.5. The number of hydrogen-bond acceptors (Lipinski definition) is 4. The first-order valence-electron chi connectivity index (χ1n) is 5.67. The van der Waals surface area contributed by atoms with E-state index in [0.717, 1.165) is 0 Å². The molecule has 2 aromatic carbocycles. The second-order valence-electron chi connectivity index (χ2n) is 4.10. The molecular weight excluding hydrogens is 276 g/mol. The van der Waals surface area contributed by atoms with Crippen LogP contribution in [0.3, 0.4) is 0 Å². The van der Waals surface area contributed by atoms with Gasteiger partial charge in [0.25, 0.3) is 5.91 Å². The summed E-state index contributed by atoms with van der Waals surface area (Å²) < 4.78 is 0. The molecule has 0 saturated carbocycles. The smallest absolute Gasteiger partial charge is 0.250 e. The van der Waals surface area contributed by atoms with Crippen molar-refractivity contribution in [3.05, 3.63) is 52.5 Å². The fourth-order valence-corrected chi connectivity index (χ4v) is 1.88. The molecule has 0 atom stereocenters. The molecule has 0 aliphatic rings. The quantitative estimate of drug-likeness (QED) is 0.754. The number of rotatable bonds is 3. The van der Waals surface area contributed by atoms with Crippen molar-refractivity contribution in [1.29, 1.82) is 5.26 Å². The van der Waals surface area contributed by atoms with E-state index in [1.54, 1.807) is 30.3 Å². The van der Waals surface area contributed by atoms with Crippen LogP contribution in [0.5, 0.6) is 0 Å². The Bertz CT molecular complexity index is 722. The SMILES string of the molecule is N#Cc1ccc(Cl)c(Nc2cc(N)ccc2C(N)=O)c1. The van der Waals surface area contributed by atoms with Gasteiger partial charge in [-0.15, -0.1) is 0 Å². The van der Waals surface area contributed by atoms with Gasteiger partial charge >= 0.3 is 0 Å². The molecule has 5 N–H and O–H groups in total. The number of anilines is 3. The summed E-state index contributed by atoms with van der Waals surface area (Å²) in [6, 6.07) is 11.5. The van der Waals surface area contributed by atoms with Gasteiger partial charge in [0.05, 0.1) is 33.6 Å². The van der Waals surface area contributed by atoms with Crippen LogP contribution in [0, 0.1) is 11.3 Å². The highest BCUT2D eigenvalue weighted by molar-refractivity contribution is 6.33. The zero-order chi connectivity index (χ0) is 14.7. The minimum atomic E-state index is -0.583. The lowest BCUT2D eigenvalue weighted by Crippen LogP contribution is -2.13. The maximum absolute atomic E-state index is 11.4. The van der Waals surface area contributed by atoms with Gasteiger partial charge in [0.15, 0.2) is 0 Å². The van der Waals surface area contributed by atoms with Crippen LogP contribution in [0.2, 0.25) is 5.02 Å². The molecule has 0 aliphatic heterocycles. The second kappa shape index (κ2) is 5.51. The van der Waals surface area contributed by atoms with Gasteiger partial charge in [-0.1, -0.05) is 11.6 Å². The predicted octanol–water partition coefficient (Wildman–Crippen LogP) is 2.64. The van der Waals surface area contributed by atoms with E-state index >= 15 is 0 Å². The van der Waals surface area contributed by atoms with Gasteiger partial charge in [-0.2, -0.15) is 5.26 Å². The van der Waals surface area contributed by atoms with E-state index in [4.69, 9.17) is 28.3 Å². The largest absolute Gasteiger partial charge is 0.399 e. The zero-order valence-electron chi connectivity index (χ0n) is 10.4. The number of nitrogens with one attached hydrogen (secondary N) is 1. The molecule has 0 fully saturated rings. The maximum Gasteiger partial charge on any atom is 0.250 e. The number of amides is 1. The third-order valence-corrected chi connectivity index (χ3v) is 3.00. The third-order valence-electron chi connectivity index (χ3n) is 2.67. The molecule has 20 heavy (non-hydrogen) atoms. The number of hydrogen-bond donors (Lipinski definition) is 3. The van der Waals surface area contributed by atoms with Crippen LogP contribution >= 0.6 is 11.6 Å². The molecule has 0 bridgehead atoms. The van der Waals surface area contributed by atoms with Crippen LogP contribution in [-0.4, -0.2) is 5.91 Å². The van der Waals surface area contributed by atoms with Gasteiger partial charge in [-0.05, 0) is 36.4 Å². The van der Waals surface area contributed by atoms with E-state index in [9.17, 15) is 4.79 Å². The number of carbonyl (C=O) groups is 1. The average molecular weight is 287 g/mol. The molecule has 6 heteroatoms. The van der Waals surface area contributed by atoms with E-state index in [0.29, 0.717) is 27.6 Å². The van der Waals surface area contributed by atoms with Crippen LogP contribution < -0.4 is 16.8 Å². The first kappa shape index (κ1) is 13.7. The monoisotopic (exact) mass is 286 g/mol. The number of nitrogens with zero attached hydrogens (tertiary/aromatic N) is 1. The molecule has 0 radical (unpaired) electrons. The number of nitriles is 1. The number of carbonyl (C=O) groups excluding carboxylic acids is 1. The average Bonchev–Trinajstić information content (AvgIpc) is 2.41. The van der Waals surface area contributed by atoms with E-state index in [2.05, 4.69) is 5.32 Å². The first-order valence-corrected chi connectivity index (χ1v) is 6.05. The molecule has 0 aliphatic carbocycles. The van der Waals surface area contributed by atoms with Gasteiger partial charge in [-0.3, -0.25) is 4.79 Å². The summed E-state index contributed by atoms with van der Waals surface area (Å²) in [7, 11) is 0. The number of nitrogens with two attached hydrogens (primary N) is 2. The summed E-state index contributed by atoms with van der Waals surface area (Å²) in [5.41, 5.74) is 13.2. The zero-order valence-corrected chi connectivity index (χ0v) is 11.1. The van der Waals surface area contributed by atoms with Crippen molar-refractivity contribution in [2.45, 2.75) is 0 Å². The molecule has 0 aromatic heterocycles. The Labute approximate surface area is 120 Å². The van der Waals surface area contributed by atoms with Gasteiger partial charge < -0.3 is 16.8 Å². The van der Waals surface area contributed by atoms with E-state index < -0.39 is 5.91 Å². The highest BCUT2D eigenvalue weighted by Crippen LogP contribution is 2.29. The molecular formula is C14H11ClN4O. The summed E-state index contributed by atoms with van der Waals surface area (Å²) in [5, 5.41) is 12.3. The Balaban J connectivity index is 2.47. The minimum absolute atomic E-state index is 0.289. The number of benzene rings is 2. The molecule has 5 nitrogen and oxygen atoms in total. The Hall–Kier alpha value is -2.71. The van der Waals surface area contributed by atoms with Crippen molar-refractivity contribution in [2.24, 2.45) is 5.73 Å². The number of primary amides is 1. The van der Waals surface area contributed by atoms with Gasteiger partial charge in [0.2, 0.25) is 0 Å². The Morgan fingerprint density at radius 1 is 1.20 bits per heavy atom. The number of halogens is 1. The van der Waals surface area contributed by atoms with Gasteiger partial charge in [0, 0.05) is 5.69 Å². The van der Waals surface area contributed by atoms with Crippen LogP contribution in [0.1, 0.15) is 15.9 Å². The van der Waals surface area contributed by atoms with Crippen LogP contribution in [0.15, 0.2) is 36.4 Å². The van der Waals surface area contributed by atoms with Crippen molar-refractivity contribution in [3.63, 3.8) is 0 Å². The second-order valence-corrected chi connectivity index (χ2v) is 4.51. The third kappa shape index (κ3) is 2.82. The van der Waals surface area contributed by atoms with Crippen molar-refractivity contribution < 1.29 is 4.79 Å². The lowest BCUT2D eigenvalue weighted by molar-refractivity contribution is 0.100. The van der Waals surface area contributed by atoms with Crippen molar-refractivity contribution >= 4 is 34.6 Å². The van der Waals surface area contributed by atoms with Crippen LogP contribution in [0.25, 0.3) is 0 Å². The Kier molecular flexibility index (Phi) is 3.78.